The molecule has 4 heterocycles. The number of hydrogen-bond donors (Lipinski definition) is 1. The number of rotatable bonds is 4. The maximum Gasteiger partial charge on any atom is 0.258 e. The standard InChI is InChI=1S/C22H20N4O3S2/c27-19-10-15(11-26(19)16-4-2-1-3-5-16)21(29)25-8-6-17-18(12-25)31-22(23-17)24-20(28)14-7-9-30-13-14/h1-5,7,9,13,15H,6,8,10-12H2,(H,23,24,28). The second kappa shape index (κ2) is 8.24. The van der Waals surface area contributed by atoms with Gasteiger partial charge in [-0.25, -0.2) is 4.98 Å². The molecule has 0 saturated carbocycles. The summed E-state index contributed by atoms with van der Waals surface area (Å²) in [6.45, 7) is 1.45. The molecular weight excluding hydrogens is 432 g/mol. The SMILES string of the molecule is O=C(Nc1nc2c(s1)CN(C(=O)C1CC(=O)N(c3ccccc3)C1)CC2)c1ccsc1. The quantitative estimate of drug-likeness (QED) is 0.658. The Hall–Kier alpha value is -3.04. The van der Waals surface area contributed by atoms with Crippen LogP contribution in [0, 0.1) is 5.92 Å². The van der Waals surface area contributed by atoms with Crippen molar-refractivity contribution in [3.05, 3.63) is 63.3 Å². The lowest BCUT2D eigenvalue weighted by atomic mass is 10.1. The summed E-state index contributed by atoms with van der Waals surface area (Å²) < 4.78 is 0. The summed E-state index contributed by atoms with van der Waals surface area (Å²) >= 11 is 2.88. The fourth-order valence-electron chi connectivity index (χ4n) is 3.99. The third-order valence-corrected chi connectivity index (χ3v) is 7.27. The van der Waals surface area contributed by atoms with Gasteiger partial charge in [0.2, 0.25) is 11.8 Å². The van der Waals surface area contributed by atoms with Crippen LogP contribution in [-0.2, 0) is 22.6 Å². The Morgan fingerprint density at radius 1 is 1.16 bits per heavy atom. The molecule has 1 unspecified atom stereocenters. The fraction of sp³-hybridized carbons (Fsp3) is 0.273. The number of benzene rings is 1. The summed E-state index contributed by atoms with van der Waals surface area (Å²) in [6.07, 6.45) is 0.886. The summed E-state index contributed by atoms with van der Waals surface area (Å²) in [7, 11) is 0. The number of thiophene rings is 1. The van der Waals surface area contributed by atoms with Gasteiger partial charge in [0.15, 0.2) is 5.13 Å². The number of thiazole rings is 1. The van der Waals surface area contributed by atoms with E-state index in [1.54, 1.807) is 16.3 Å². The van der Waals surface area contributed by atoms with E-state index in [1.165, 1.54) is 22.7 Å². The number of nitrogens with zero attached hydrogens (tertiary/aromatic N) is 3. The van der Waals surface area contributed by atoms with Gasteiger partial charge in [0, 0.05) is 41.9 Å². The molecule has 1 N–H and O–H groups in total. The summed E-state index contributed by atoms with van der Waals surface area (Å²) in [5.74, 6) is -0.515. The molecule has 1 fully saturated rings. The molecule has 31 heavy (non-hydrogen) atoms. The topological polar surface area (TPSA) is 82.6 Å². The van der Waals surface area contributed by atoms with E-state index in [9.17, 15) is 14.4 Å². The van der Waals surface area contributed by atoms with Crippen molar-refractivity contribution in [3.63, 3.8) is 0 Å². The van der Waals surface area contributed by atoms with E-state index in [4.69, 9.17) is 0 Å². The van der Waals surface area contributed by atoms with E-state index in [-0.39, 0.29) is 30.1 Å². The third kappa shape index (κ3) is 3.98. The van der Waals surface area contributed by atoms with Crippen molar-refractivity contribution in [1.82, 2.24) is 9.88 Å². The molecule has 158 valence electrons. The van der Waals surface area contributed by atoms with Gasteiger partial charge in [0.25, 0.3) is 5.91 Å². The van der Waals surface area contributed by atoms with E-state index in [0.717, 1.165) is 16.3 Å². The monoisotopic (exact) mass is 452 g/mol. The predicted octanol–water partition coefficient (Wildman–Crippen LogP) is 3.39. The number of fused-ring (bicyclic) bond motifs is 1. The van der Waals surface area contributed by atoms with Gasteiger partial charge >= 0.3 is 0 Å². The number of para-hydroxylation sites is 1. The van der Waals surface area contributed by atoms with Crippen LogP contribution in [0.3, 0.4) is 0 Å². The molecule has 1 saturated heterocycles. The zero-order valence-corrected chi connectivity index (χ0v) is 18.2. The first-order valence-electron chi connectivity index (χ1n) is 10.0. The van der Waals surface area contributed by atoms with Gasteiger partial charge in [0.1, 0.15) is 0 Å². The van der Waals surface area contributed by atoms with Crippen LogP contribution in [0.5, 0.6) is 0 Å². The third-order valence-electron chi connectivity index (χ3n) is 5.59. The van der Waals surface area contributed by atoms with Crippen LogP contribution in [-0.4, -0.2) is 40.7 Å². The molecule has 1 atom stereocenters. The van der Waals surface area contributed by atoms with Crippen LogP contribution in [0.25, 0.3) is 0 Å². The van der Waals surface area contributed by atoms with Crippen LogP contribution in [0.1, 0.15) is 27.3 Å². The largest absolute Gasteiger partial charge is 0.337 e. The second-order valence-corrected chi connectivity index (χ2v) is 9.47. The Kier molecular flexibility index (Phi) is 5.29. The molecule has 0 spiro atoms. The first-order chi connectivity index (χ1) is 15.1. The Balaban J connectivity index is 1.24. The first-order valence-corrected chi connectivity index (χ1v) is 11.8. The van der Waals surface area contributed by atoms with E-state index >= 15 is 0 Å². The molecule has 2 aliphatic rings. The summed E-state index contributed by atoms with van der Waals surface area (Å²) in [4.78, 5) is 46.9. The number of hydrogen-bond acceptors (Lipinski definition) is 6. The highest BCUT2D eigenvalue weighted by Crippen LogP contribution is 2.31. The van der Waals surface area contributed by atoms with E-state index in [2.05, 4.69) is 10.3 Å². The maximum atomic E-state index is 13.1. The van der Waals surface area contributed by atoms with Gasteiger partial charge in [0.05, 0.1) is 23.7 Å². The minimum atomic E-state index is -0.333. The number of nitrogens with one attached hydrogen (secondary N) is 1. The molecule has 0 aliphatic carbocycles. The number of carbonyl (C=O) groups excluding carboxylic acids is 3. The van der Waals surface area contributed by atoms with Crippen molar-refractivity contribution < 1.29 is 14.4 Å². The average molecular weight is 453 g/mol. The molecule has 0 radical (unpaired) electrons. The van der Waals surface area contributed by atoms with Crippen molar-refractivity contribution in [2.45, 2.75) is 19.4 Å². The molecule has 3 amide bonds. The van der Waals surface area contributed by atoms with Gasteiger partial charge in [-0.05, 0) is 23.6 Å². The molecule has 2 aromatic heterocycles. The number of amides is 3. The Bertz CT molecular complexity index is 1130. The van der Waals surface area contributed by atoms with Crippen molar-refractivity contribution in [1.29, 1.82) is 0 Å². The zero-order chi connectivity index (χ0) is 21.4. The van der Waals surface area contributed by atoms with Crippen molar-refractivity contribution >= 4 is 51.2 Å². The highest BCUT2D eigenvalue weighted by molar-refractivity contribution is 7.16. The number of anilines is 2. The molecule has 1 aromatic carbocycles. The van der Waals surface area contributed by atoms with E-state index < -0.39 is 0 Å². The molecule has 0 bridgehead atoms. The lowest BCUT2D eigenvalue weighted by Gasteiger charge is -2.28. The molecule has 5 rings (SSSR count). The minimum Gasteiger partial charge on any atom is -0.337 e. The van der Waals surface area contributed by atoms with Gasteiger partial charge in [-0.3, -0.25) is 19.7 Å². The number of carbonyl (C=O) groups is 3. The van der Waals surface area contributed by atoms with Gasteiger partial charge < -0.3 is 9.80 Å². The smallest absolute Gasteiger partial charge is 0.258 e. The predicted molar refractivity (Wildman–Crippen MR) is 120 cm³/mol. The summed E-state index contributed by atoms with van der Waals surface area (Å²) in [5, 5.41) is 7.06. The molecule has 9 heteroatoms. The summed E-state index contributed by atoms with van der Waals surface area (Å²) in [5.41, 5.74) is 2.38. The highest BCUT2D eigenvalue weighted by Gasteiger charge is 2.38. The van der Waals surface area contributed by atoms with Crippen LogP contribution in [0.4, 0.5) is 10.8 Å². The molecule has 3 aromatic rings. The maximum absolute atomic E-state index is 13.1. The van der Waals surface area contributed by atoms with Crippen molar-refractivity contribution in [2.24, 2.45) is 5.92 Å². The molecule has 7 nitrogen and oxygen atoms in total. The van der Waals surface area contributed by atoms with Gasteiger partial charge in [-0.15, -0.1) is 0 Å². The molecular formula is C22H20N4O3S2. The van der Waals surface area contributed by atoms with Crippen LogP contribution in [0.15, 0.2) is 47.2 Å². The lowest BCUT2D eigenvalue weighted by Crippen LogP contribution is -2.40. The average Bonchev–Trinajstić information content (AvgIpc) is 3.52. The fourth-order valence-corrected chi connectivity index (χ4v) is 5.64. The number of aromatic nitrogens is 1. The summed E-state index contributed by atoms with van der Waals surface area (Å²) in [6, 6.07) is 11.2. The zero-order valence-electron chi connectivity index (χ0n) is 16.6. The first kappa shape index (κ1) is 19.9. The van der Waals surface area contributed by atoms with Crippen LogP contribution >= 0.6 is 22.7 Å². The van der Waals surface area contributed by atoms with Crippen molar-refractivity contribution in [2.75, 3.05) is 23.3 Å². The van der Waals surface area contributed by atoms with Crippen LogP contribution < -0.4 is 10.2 Å². The Morgan fingerprint density at radius 3 is 2.77 bits per heavy atom. The molecule has 2 aliphatic heterocycles. The van der Waals surface area contributed by atoms with E-state index in [0.29, 0.717) is 36.8 Å². The lowest BCUT2D eigenvalue weighted by molar-refractivity contribution is -0.136. The van der Waals surface area contributed by atoms with Gasteiger partial charge in [-0.1, -0.05) is 29.5 Å². The van der Waals surface area contributed by atoms with E-state index in [1.807, 2.05) is 40.6 Å². The van der Waals surface area contributed by atoms with Crippen molar-refractivity contribution in [3.8, 4) is 0 Å². The minimum absolute atomic E-state index is 0.00897. The van der Waals surface area contributed by atoms with Crippen LogP contribution in [0.2, 0.25) is 0 Å². The highest BCUT2D eigenvalue weighted by atomic mass is 32.1. The Morgan fingerprint density at radius 2 is 2.00 bits per heavy atom. The normalized spacial score (nSPS) is 18.2. The van der Waals surface area contributed by atoms with Gasteiger partial charge in [-0.2, -0.15) is 11.3 Å². The Labute approximate surface area is 187 Å². The second-order valence-electron chi connectivity index (χ2n) is 7.61.